The zero-order valence-corrected chi connectivity index (χ0v) is 19.9. The number of rotatable bonds is 5. The highest BCUT2D eigenvalue weighted by atomic mass is 16.7. The molecule has 0 aromatic heterocycles. The van der Waals surface area contributed by atoms with Gasteiger partial charge in [0.2, 0.25) is 6.79 Å². The van der Waals surface area contributed by atoms with E-state index in [0.29, 0.717) is 31.0 Å². The summed E-state index contributed by atoms with van der Waals surface area (Å²) >= 11 is 0. The van der Waals surface area contributed by atoms with Gasteiger partial charge in [-0.15, -0.1) is 5.92 Å². The standard InChI is InChI=1S/C29H35NO3/c1-3-14-29(31,4-2)15-13-19-5-9-24(21-7-12-26-27(17-21)33-18-32-26)28-23(19)10-6-20-16-22(30)8-11-25(20)28/h7,12,16-17,19,23-24,30-31H,4-6,8-11,13,15,18H2,1-2H3/t19-,23-,24+,29-/m0/s1. The van der Waals surface area contributed by atoms with Gasteiger partial charge in [0, 0.05) is 11.6 Å². The molecule has 0 amide bonds. The van der Waals surface area contributed by atoms with E-state index in [0.717, 1.165) is 62.2 Å². The molecule has 1 saturated carbocycles. The molecule has 4 aliphatic rings. The van der Waals surface area contributed by atoms with E-state index in [2.05, 4.69) is 36.1 Å². The highest BCUT2D eigenvalue weighted by Gasteiger charge is 2.41. The molecule has 1 aromatic rings. The lowest BCUT2D eigenvalue weighted by Crippen LogP contribution is -2.34. The summed E-state index contributed by atoms with van der Waals surface area (Å²) < 4.78 is 11.3. The molecule has 0 saturated heterocycles. The molecule has 1 heterocycles. The van der Waals surface area contributed by atoms with Crippen molar-refractivity contribution in [3.63, 3.8) is 0 Å². The van der Waals surface area contributed by atoms with E-state index >= 15 is 0 Å². The van der Waals surface area contributed by atoms with Crippen LogP contribution in [0.1, 0.15) is 83.1 Å². The Morgan fingerprint density at radius 2 is 1.97 bits per heavy atom. The zero-order chi connectivity index (χ0) is 23.0. The zero-order valence-electron chi connectivity index (χ0n) is 19.9. The van der Waals surface area contributed by atoms with Crippen molar-refractivity contribution < 1.29 is 14.6 Å². The molecule has 3 aliphatic carbocycles. The Kier molecular flexibility index (Phi) is 6.10. The summed E-state index contributed by atoms with van der Waals surface area (Å²) in [5.74, 6) is 9.22. The van der Waals surface area contributed by atoms with Crippen molar-refractivity contribution in [3.05, 3.63) is 46.6 Å². The molecular formula is C29H35NO3. The van der Waals surface area contributed by atoms with Crippen LogP contribution in [0.5, 0.6) is 11.5 Å². The molecule has 0 radical (unpaired) electrons. The summed E-state index contributed by atoms with van der Waals surface area (Å²) in [6.07, 6.45) is 10.9. The number of benzene rings is 1. The van der Waals surface area contributed by atoms with Crippen molar-refractivity contribution in [2.24, 2.45) is 11.8 Å². The molecule has 0 spiro atoms. The molecule has 1 fully saturated rings. The van der Waals surface area contributed by atoms with Gasteiger partial charge in [-0.3, -0.25) is 0 Å². The smallest absolute Gasteiger partial charge is 0.231 e. The Morgan fingerprint density at radius 3 is 2.79 bits per heavy atom. The van der Waals surface area contributed by atoms with Crippen molar-refractivity contribution in [1.29, 1.82) is 5.41 Å². The molecule has 0 unspecified atom stereocenters. The number of fused-ring (bicyclic) bond motifs is 3. The second kappa shape index (κ2) is 9.03. The predicted octanol–water partition coefficient (Wildman–Crippen LogP) is 6.30. The summed E-state index contributed by atoms with van der Waals surface area (Å²) in [5.41, 5.74) is 5.76. The second-order valence-electron chi connectivity index (χ2n) is 10.1. The van der Waals surface area contributed by atoms with Crippen molar-refractivity contribution >= 4 is 5.71 Å². The Labute approximate surface area is 197 Å². The predicted molar refractivity (Wildman–Crippen MR) is 131 cm³/mol. The summed E-state index contributed by atoms with van der Waals surface area (Å²) in [4.78, 5) is 0. The number of allylic oxidation sites excluding steroid dienone is 4. The van der Waals surface area contributed by atoms with Gasteiger partial charge in [-0.25, -0.2) is 0 Å². The Bertz CT molecular complexity index is 1070. The highest BCUT2D eigenvalue weighted by molar-refractivity contribution is 5.95. The normalized spacial score (nSPS) is 27.7. The monoisotopic (exact) mass is 445 g/mol. The third-order valence-corrected chi connectivity index (χ3v) is 8.29. The van der Waals surface area contributed by atoms with Crippen molar-refractivity contribution in [2.45, 2.75) is 83.2 Å². The SMILES string of the molecule is CC#C[C@@](O)(CC)CC[C@@H]1CC[C@H](c2ccc3c(c2)OCO3)C2=C3CCC(=N)C=C3CC[C@H]21. The maximum absolute atomic E-state index is 10.9. The average molecular weight is 446 g/mol. The van der Waals surface area contributed by atoms with Crippen LogP contribution in [-0.2, 0) is 0 Å². The van der Waals surface area contributed by atoms with Gasteiger partial charge >= 0.3 is 0 Å². The fourth-order valence-corrected chi connectivity index (χ4v) is 6.53. The van der Waals surface area contributed by atoms with Gasteiger partial charge in [0.25, 0.3) is 0 Å². The molecule has 1 aliphatic heterocycles. The minimum atomic E-state index is -0.865. The van der Waals surface area contributed by atoms with E-state index in [-0.39, 0.29) is 0 Å². The third kappa shape index (κ3) is 4.24. The molecule has 174 valence electrons. The first kappa shape index (κ1) is 22.3. The fraction of sp³-hybridized carbons (Fsp3) is 0.552. The highest BCUT2D eigenvalue weighted by Crippen LogP contribution is 2.54. The van der Waals surface area contributed by atoms with Gasteiger partial charge in [-0.2, -0.15) is 0 Å². The number of ether oxygens (including phenoxy) is 2. The molecular weight excluding hydrogens is 410 g/mol. The van der Waals surface area contributed by atoms with E-state index in [1.54, 1.807) is 5.57 Å². The number of aliphatic hydroxyl groups is 1. The average Bonchev–Trinajstić information content (AvgIpc) is 3.30. The summed E-state index contributed by atoms with van der Waals surface area (Å²) in [6, 6.07) is 6.47. The minimum absolute atomic E-state index is 0.304. The van der Waals surface area contributed by atoms with E-state index in [4.69, 9.17) is 14.9 Å². The first-order valence-corrected chi connectivity index (χ1v) is 12.6. The molecule has 2 N–H and O–H groups in total. The number of hydrogen-bond acceptors (Lipinski definition) is 4. The lowest BCUT2D eigenvalue weighted by Gasteiger charge is -2.45. The van der Waals surface area contributed by atoms with Crippen LogP contribution in [0.15, 0.2) is 41.0 Å². The molecule has 4 atom stereocenters. The number of nitrogens with one attached hydrogen (secondary N) is 1. The van der Waals surface area contributed by atoms with Crippen LogP contribution in [0.25, 0.3) is 0 Å². The van der Waals surface area contributed by atoms with E-state index < -0.39 is 5.60 Å². The summed E-state index contributed by atoms with van der Waals surface area (Å²) in [6.45, 7) is 4.15. The molecule has 33 heavy (non-hydrogen) atoms. The maximum atomic E-state index is 10.9. The molecule has 0 bridgehead atoms. The van der Waals surface area contributed by atoms with Gasteiger partial charge in [0.15, 0.2) is 11.5 Å². The van der Waals surface area contributed by atoms with Crippen LogP contribution >= 0.6 is 0 Å². The van der Waals surface area contributed by atoms with Crippen LogP contribution in [0.2, 0.25) is 0 Å². The number of hydrogen-bond donors (Lipinski definition) is 2. The quantitative estimate of drug-likeness (QED) is 0.523. The van der Waals surface area contributed by atoms with Crippen molar-refractivity contribution in [3.8, 4) is 23.3 Å². The van der Waals surface area contributed by atoms with Crippen LogP contribution in [0.3, 0.4) is 0 Å². The third-order valence-electron chi connectivity index (χ3n) is 8.29. The molecule has 1 aromatic carbocycles. The van der Waals surface area contributed by atoms with Crippen molar-refractivity contribution in [1.82, 2.24) is 0 Å². The van der Waals surface area contributed by atoms with Gasteiger partial charge in [-0.1, -0.05) is 24.5 Å². The second-order valence-corrected chi connectivity index (χ2v) is 10.1. The Hall–Kier alpha value is -2.51. The van der Waals surface area contributed by atoms with E-state index in [1.165, 1.54) is 23.1 Å². The molecule has 4 nitrogen and oxygen atoms in total. The van der Waals surface area contributed by atoms with Crippen LogP contribution < -0.4 is 9.47 Å². The Morgan fingerprint density at radius 1 is 1.12 bits per heavy atom. The fourth-order valence-electron chi connectivity index (χ4n) is 6.53. The van der Waals surface area contributed by atoms with Gasteiger partial charge in [0.1, 0.15) is 5.60 Å². The Balaban J connectivity index is 1.49. The van der Waals surface area contributed by atoms with E-state index in [9.17, 15) is 5.11 Å². The maximum Gasteiger partial charge on any atom is 0.231 e. The van der Waals surface area contributed by atoms with Gasteiger partial charge < -0.3 is 20.0 Å². The van der Waals surface area contributed by atoms with Crippen LogP contribution in [0.4, 0.5) is 0 Å². The van der Waals surface area contributed by atoms with Crippen LogP contribution in [0, 0.1) is 29.1 Å². The summed E-state index contributed by atoms with van der Waals surface area (Å²) in [5, 5.41) is 19.1. The lowest BCUT2D eigenvalue weighted by atomic mass is 9.60. The first-order valence-electron chi connectivity index (χ1n) is 12.6. The largest absolute Gasteiger partial charge is 0.454 e. The molecule has 4 heteroatoms. The topological polar surface area (TPSA) is 62.5 Å². The summed E-state index contributed by atoms with van der Waals surface area (Å²) in [7, 11) is 0. The molecule has 5 rings (SSSR count). The van der Waals surface area contributed by atoms with Gasteiger partial charge in [0.05, 0.1) is 0 Å². The van der Waals surface area contributed by atoms with Crippen LogP contribution in [-0.4, -0.2) is 23.2 Å². The lowest BCUT2D eigenvalue weighted by molar-refractivity contribution is 0.0729. The van der Waals surface area contributed by atoms with Crippen molar-refractivity contribution in [2.75, 3.05) is 6.79 Å². The van der Waals surface area contributed by atoms with Gasteiger partial charge in [-0.05, 0) is 111 Å². The first-order chi connectivity index (χ1) is 16.0. The minimum Gasteiger partial charge on any atom is -0.454 e. The van der Waals surface area contributed by atoms with E-state index in [1.807, 2.05) is 13.8 Å².